The average molecular weight is 332 g/mol. The van der Waals surface area contributed by atoms with Gasteiger partial charge in [0.15, 0.2) is 0 Å². The second-order valence-electron chi connectivity index (χ2n) is 4.49. The summed E-state index contributed by atoms with van der Waals surface area (Å²) >= 11 is 2.02. The summed E-state index contributed by atoms with van der Waals surface area (Å²) in [6.07, 6.45) is 10.6. The number of nitrogens with zero attached hydrogens (tertiary/aromatic N) is 1. The van der Waals surface area contributed by atoms with Gasteiger partial charge in [-0.25, -0.2) is 4.98 Å². The van der Waals surface area contributed by atoms with Crippen LogP contribution in [0.25, 0.3) is 0 Å². The predicted octanol–water partition coefficient (Wildman–Crippen LogP) is 3.20. The van der Waals surface area contributed by atoms with Gasteiger partial charge in [0, 0.05) is 12.1 Å². The van der Waals surface area contributed by atoms with Crippen molar-refractivity contribution >= 4 is 22.6 Å². The summed E-state index contributed by atoms with van der Waals surface area (Å²) in [6, 6.07) is 0. The molecule has 0 atom stereocenters. The van der Waals surface area contributed by atoms with E-state index in [0.717, 1.165) is 5.82 Å². The van der Waals surface area contributed by atoms with Crippen LogP contribution >= 0.6 is 22.6 Å². The molecule has 4 heteroatoms. The summed E-state index contributed by atoms with van der Waals surface area (Å²) in [5.41, 5.74) is 0.00709. The Hall–Kier alpha value is -0.390. The van der Waals surface area contributed by atoms with Crippen LogP contribution < -0.4 is 5.56 Å². The largest absolute Gasteiger partial charge is 0.309 e. The molecule has 2 rings (SSSR count). The highest BCUT2D eigenvalue weighted by molar-refractivity contribution is 14.1. The van der Waals surface area contributed by atoms with Gasteiger partial charge in [0.2, 0.25) is 0 Å². The number of aromatic nitrogens is 2. The normalized spacial score (nSPS) is 19.1. The van der Waals surface area contributed by atoms with Crippen LogP contribution in [0.2, 0.25) is 0 Å². The van der Waals surface area contributed by atoms with Gasteiger partial charge < -0.3 is 4.98 Å². The smallest absolute Gasteiger partial charge is 0.264 e. The summed E-state index contributed by atoms with van der Waals surface area (Å²) in [5, 5.41) is 0. The van der Waals surface area contributed by atoms with Crippen LogP contribution in [0.5, 0.6) is 0 Å². The van der Waals surface area contributed by atoms with Crippen LogP contribution in [0.15, 0.2) is 11.0 Å². The van der Waals surface area contributed by atoms with Gasteiger partial charge in [-0.05, 0) is 35.4 Å². The zero-order valence-corrected chi connectivity index (χ0v) is 11.5. The van der Waals surface area contributed by atoms with E-state index >= 15 is 0 Å². The Kier molecular flexibility index (Phi) is 4.37. The number of hydrogen-bond acceptors (Lipinski definition) is 2. The summed E-state index contributed by atoms with van der Waals surface area (Å²) < 4.78 is 0.673. The fourth-order valence-electron chi connectivity index (χ4n) is 2.33. The van der Waals surface area contributed by atoms with E-state index in [2.05, 4.69) is 9.97 Å². The molecule has 0 spiro atoms. The summed E-state index contributed by atoms with van der Waals surface area (Å²) in [5.74, 6) is 1.36. The van der Waals surface area contributed by atoms with Crippen LogP contribution in [0.3, 0.4) is 0 Å². The molecule has 1 heterocycles. The predicted molar refractivity (Wildman–Crippen MR) is 72.6 cm³/mol. The lowest BCUT2D eigenvalue weighted by atomic mass is 9.90. The molecule has 0 aliphatic heterocycles. The Labute approximate surface area is 109 Å². The lowest BCUT2D eigenvalue weighted by molar-refractivity contribution is 0.441. The lowest BCUT2D eigenvalue weighted by Crippen LogP contribution is -2.17. The summed E-state index contributed by atoms with van der Waals surface area (Å²) in [6.45, 7) is 0. The first kappa shape index (κ1) is 12.1. The molecule has 1 aromatic heterocycles. The molecule has 0 saturated heterocycles. The maximum Gasteiger partial charge on any atom is 0.264 e. The van der Waals surface area contributed by atoms with E-state index in [1.54, 1.807) is 6.20 Å². The molecule has 1 aromatic rings. The van der Waals surface area contributed by atoms with Crippen molar-refractivity contribution in [2.24, 2.45) is 0 Å². The quantitative estimate of drug-likeness (QED) is 0.803. The Morgan fingerprint density at radius 3 is 2.44 bits per heavy atom. The minimum absolute atomic E-state index is 0.00709. The number of rotatable bonds is 1. The number of hydrogen-bond donors (Lipinski definition) is 1. The third-order valence-corrected chi connectivity index (χ3v) is 4.04. The SMILES string of the molecule is O=c1[nH]c(C2CCCCCCC2)ncc1I. The Balaban J connectivity index is 2.14. The topological polar surface area (TPSA) is 45.8 Å². The zero-order chi connectivity index (χ0) is 11.4. The fourth-order valence-corrected chi connectivity index (χ4v) is 2.60. The van der Waals surface area contributed by atoms with Gasteiger partial charge in [0.1, 0.15) is 5.82 Å². The molecule has 0 unspecified atom stereocenters. The summed E-state index contributed by atoms with van der Waals surface area (Å²) in [7, 11) is 0. The molecule has 1 aliphatic carbocycles. The Bertz CT molecular complexity index is 394. The molecular weight excluding hydrogens is 315 g/mol. The standard InChI is InChI=1S/C12H17IN2O/c13-10-8-14-11(15-12(10)16)9-6-4-2-1-3-5-7-9/h8-9H,1-7H2,(H,14,15,16). The second-order valence-corrected chi connectivity index (χ2v) is 5.65. The molecule has 1 fully saturated rings. The molecule has 88 valence electrons. The molecule has 0 radical (unpaired) electrons. The highest BCUT2D eigenvalue weighted by atomic mass is 127. The van der Waals surface area contributed by atoms with Gasteiger partial charge in [0.25, 0.3) is 5.56 Å². The third kappa shape index (κ3) is 3.06. The van der Waals surface area contributed by atoms with E-state index in [0.29, 0.717) is 9.49 Å². The van der Waals surface area contributed by atoms with E-state index in [1.807, 2.05) is 22.6 Å². The van der Waals surface area contributed by atoms with Crippen molar-refractivity contribution < 1.29 is 0 Å². The zero-order valence-electron chi connectivity index (χ0n) is 9.34. The highest BCUT2D eigenvalue weighted by Gasteiger charge is 2.15. The number of nitrogens with one attached hydrogen (secondary N) is 1. The lowest BCUT2D eigenvalue weighted by Gasteiger charge is -2.18. The third-order valence-electron chi connectivity index (χ3n) is 3.27. The number of aromatic amines is 1. The molecular formula is C12H17IN2O. The van der Waals surface area contributed by atoms with Gasteiger partial charge in [0.05, 0.1) is 3.57 Å². The van der Waals surface area contributed by atoms with Gasteiger partial charge >= 0.3 is 0 Å². The fraction of sp³-hybridized carbons (Fsp3) is 0.667. The molecule has 1 saturated carbocycles. The van der Waals surface area contributed by atoms with E-state index in [9.17, 15) is 4.79 Å². The minimum atomic E-state index is 0.00709. The van der Waals surface area contributed by atoms with E-state index in [1.165, 1.54) is 44.9 Å². The minimum Gasteiger partial charge on any atom is -0.309 e. The van der Waals surface area contributed by atoms with E-state index in [-0.39, 0.29) is 5.56 Å². The molecule has 0 amide bonds. The van der Waals surface area contributed by atoms with Crippen LogP contribution in [-0.2, 0) is 0 Å². The highest BCUT2D eigenvalue weighted by Crippen LogP contribution is 2.28. The number of halogens is 1. The molecule has 1 aliphatic rings. The van der Waals surface area contributed by atoms with Gasteiger partial charge in [-0.2, -0.15) is 0 Å². The van der Waals surface area contributed by atoms with Gasteiger partial charge in [-0.1, -0.05) is 32.1 Å². The van der Waals surface area contributed by atoms with Crippen molar-refractivity contribution in [1.82, 2.24) is 9.97 Å². The first-order chi connectivity index (χ1) is 7.77. The molecule has 16 heavy (non-hydrogen) atoms. The molecule has 0 bridgehead atoms. The van der Waals surface area contributed by atoms with E-state index in [4.69, 9.17) is 0 Å². The van der Waals surface area contributed by atoms with Crippen molar-refractivity contribution in [2.75, 3.05) is 0 Å². The maximum absolute atomic E-state index is 11.5. The van der Waals surface area contributed by atoms with Gasteiger partial charge in [-0.3, -0.25) is 4.79 Å². The molecule has 3 nitrogen and oxygen atoms in total. The van der Waals surface area contributed by atoms with Gasteiger partial charge in [-0.15, -0.1) is 0 Å². The summed E-state index contributed by atoms with van der Waals surface area (Å²) in [4.78, 5) is 18.8. The van der Waals surface area contributed by atoms with E-state index < -0.39 is 0 Å². The molecule has 0 aromatic carbocycles. The van der Waals surface area contributed by atoms with Crippen molar-refractivity contribution in [3.05, 3.63) is 25.9 Å². The van der Waals surface area contributed by atoms with Crippen molar-refractivity contribution in [3.63, 3.8) is 0 Å². The first-order valence-corrected chi connectivity index (χ1v) is 7.10. The number of H-pyrrole nitrogens is 1. The maximum atomic E-state index is 11.5. The van der Waals surface area contributed by atoms with Crippen molar-refractivity contribution in [1.29, 1.82) is 0 Å². The van der Waals surface area contributed by atoms with Crippen LogP contribution in [-0.4, -0.2) is 9.97 Å². The van der Waals surface area contributed by atoms with Crippen molar-refractivity contribution in [3.8, 4) is 0 Å². The average Bonchev–Trinajstić information content (AvgIpc) is 2.22. The molecule has 1 N–H and O–H groups in total. The Morgan fingerprint density at radius 1 is 1.19 bits per heavy atom. The van der Waals surface area contributed by atoms with Crippen LogP contribution in [0.4, 0.5) is 0 Å². The van der Waals surface area contributed by atoms with Crippen LogP contribution in [0.1, 0.15) is 56.7 Å². The Morgan fingerprint density at radius 2 is 1.81 bits per heavy atom. The monoisotopic (exact) mass is 332 g/mol. The van der Waals surface area contributed by atoms with Crippen molar-refractivity contribution in [2.45, 2.75) is 50.9 Å². The van der Waals surface area contributed by atoms with Crippen LogP contribution in [0, 0.1) is 3.57 Å². The first-order valence-electron chi connectivity index (χ1n) is 6.02. The second kappa shape index (κ2) is 5.80.